The van der Waals surface area contributed by atoms with E-state index in [1.165, 1.54) is 18.1 Å². The minimum Gasteiger partial charge on any atom is -0.369 e. The van der Waals surface area contributed by atoms with Gasteiger partial charge < -0.3 is 5.73 Å². The van der Waals surface area contributed by atoms with Gasteiger partial charge in [0.05, 0.1) is 0 Å². The molecule has 1 fully saturated rings. The number of nitrogens with two attached hydrogens (primary N) is 1. The van der Waals surface area contributed by atoms with Crippen LogP contribution in [0.15, 0.2) is 71.9 Å². The van der Waals surface area contributed by atoms with Crippen molar-refractivity contribution >= 4 is 22.0 Å². The van der Waals surface area contributed by atoms with Gasteiger partial charge in [-0.25, -0.2) is 9.98 Å². The Bertz CT molecular complexity index is 1470. The third-order valence-corrected chi connectivity index (χ3v) is 8.23. The van der Waals surface area contributed by atoms with Crippen LogP contribution in [-0.4, -0.2) is 41.8 Å². The van der Waals surface area contributed by atoms with E-state index in [0.717, 1.165) is 0 Å². The van der Waals surface area contributed by atoms with Crippen molar-refractivity contribution in [2.45, 2.75) is 23.1 Å². The van der Waals surface area contributed by atoms with E-state index in [2.05, 4.69) is 9.98 Å². The van der Waals surface area contributed by atoms with Gasteiger partial charge in [0.15, 0.2) is 11.5 Å². The molecule has 3 aromatic rings. The molecule has 0 spiro atoms. The molecule has 2 aliphatic rings. The summed E-state index contributed by atoms with van der Waals surface area (Å²) < 4.78 is 47.0. The number of halogens is 1. The van der Waals surface area contributed by atoms with Gasteiger partial charge in [0, 0.05) is 18.8 Å². The van der Waals surface area contributed by atoms with Crippen LogP contribution in [0.2, 0.25) is 0 Å². The summed E-state index contributed by atoms with van der Waals surface area (Å²) in [4.78, 5) is 23.1. The summed E-state index contributed by atoms with van der Waals surface area (Å²) in [6.07, 6.45) is 1.90. The van der Waals surface area contributed by atoms with Gasteiger partial charge >= 0.3 is 0 Å². The maximum Gasteiger partial charge on any atom is 0.274 e. The van der Waals surface area contributed by atoms with Gasteiger partial charge in [0.2, 0.25) is 5.95 Å². The van der Waals surface area contributed by atoms with Gasteiger partial charge in [-0.3, -0.25) is 14.2 Å². The fourth-order valence-corrected chi connectivity index (χ4v) is 5.58. The molecule has 34 heavy (non-hydrogen) atoms. The van der Waals surface area contributed by atoms with Gasteiger partial charge in [-0.2, -0.15) is 12.8 Å². The van der Waals surface area contributed by atoms with E-state index >= 15 is 0 Å². The van der Waals surface area contributed by atoms with Crippen molar-refractivity contribution in [2.75, 3.05) is 7.05 Å². The zero-order chi connectivity index (χ0) is 24.3. The summed E-state index contributed by atoms with van der Waals surface area (Å²) in [5, 5.41) is 0. The molecular weight excluding hydrogens is 459 g/mol. The van der Waals surface area contributed by atoms with Crippen LogP contribution in [0.3, 0.4) is 0 Å². The normalized spacial score (nSPS) is 21.4. The zero-order valence-electron chi connectivity index (χ0n) is 18.1. The minimum absolute atomic E-state index is 0.00993. The number of amides is 1. The number of aliphatic imine (C=N–C) groups is 1. The van der Waals surface area contributed by atoms with Crippen LogP contribution in [-0.2, 0) is 25.2 Å². The second-order valence-corrected chi connectivity index (χ2v) is 10.2. The van der Waals surface area contributed by atoms with Gasteiger partial charge in [0.1, 0.15) is 4.75 Å². The van der Waals surface area contributed by atoms with Crippen LogP contribution in [0.25, 0.3) is 11.1 Å². The summed E-state index contributed by atoms with van der Waals surface area (Å²) in [6.45, 7) is 0. The molecule has 1 amide bonds. The maximum atomic E-state index is 14.4. The number of rotatable bonds is 5. The van der Waals surface area contributed by atoms with E-state index in [1.807, 2.05) is 0 Å². The molecule has 10 heteroatoms. The van der Waals surface area contributed by atoms with E-state index in [-0.39, 0.29) is 24.4 Å². The van der Waals surface area contributed by atoms with Crippen LogP contribution in [0.4, 0.5) is 4.39 Å². The van der Waals surface area contributed by atoms with E-state index < -0.39 is 32.3 Å². The monoisotopic (exact) mass is 480 g/mol. The molecule has 1 aliphatic heterocycles. The SMILES string of the molecule is CN1C(=O)C(c2cccc(-c3cccnc3F)c2)(c2cccc(C3(S(=O)(=O)O)CC3)c2)N=C1N. The van der Waals surface area contributed by atoms with Crippen molar-refractivity contribution in [1.82, 2.24) is 9.88 Å². The van der Waals surface area contributed by atoms with E-state index in [9.17, 15) is 22.2 Å². The Kier molecular flexibility index (Phi) is 4.85. The highest BCUT2D eigenvalue weighted by atomic mass is 32.2. The number of carbonyl (C=O) groups excluding carboxylic acids is 1. The molecule has 3 N–H and O–H groups in total. The average Bonchev–Trinajstić information content (AvgIpc) is 3.61. The van der Waals surface area contributed by atoms with Crippen molar-refractivity contribution in [3.63, 3.8) is 0 Å². The van der Waals surface area contributed by atoms with Crippen LogP contribution in [0, 0.1) is 5.95 Å². The largest absolute Gasteiger partial charge is 0.369 e. The number of likely N-dealkylation sites (N-methyl/N-ethyl adjacent to an activating group) is 1. The smallest absolute Gasteiger partial charge is 0.274 e. The number of aromatic nitrogens is 1. The molecule has 1 atom stereocenters. The standard InChI is InChI=1S/C24H21FN4O4S/c1-29-21(30)24(28-22(29)26,17-7-2-5-15(13-17)19-9-4-12-27-20(19)25)18-8-3-6-16(14-18)23(10-11-23)34(31,32)33/h2-9,12-14H,10-11H2,1H3,(H2,26,28)(H,31,32,33). The Morgan fingerprint density at radius 2 is 1.68 bits per heavy atom. The summed E-state index contributed by atoms with van der Waals surface area (Å²) in [6, 6.07) is 16.4. The number of carbonyl (C=O) groups is 1. The van der Waals surface area contributed by atoms with Crippen LogP contribution < -0.4 is 5.73 Å². The summed E-state index contributed by atoms with van der Waals surface area (Å²) in [5.41, 5.74) is 6.38. The van der Waals surface area contributed by atoms with Crippen molar-refractivity contribution < 1.29 is 22.2 Å². The van der Waals surface area contributed by atoms with E-state index in [0.29, 0.717) is 22.3 Å². The molecule has 8 nitrogen and oxygen atoms in total. The second kappa shape index (κ2) is 7.44. The predicted octanol–water partition coefficient (Wildman–Crippen LogP) is 2.79. The molecule has 2 aromatic carbocycles. The van der Waals surface area contributed by atoms with Gasteiger partial charge in [-0.15, -0.1) is 0 Å². The second-order valence-electron chi connectivity index (χ2n) is 8.52. The Morgan fingerprint density at radius 1 is 1.03 bits per heavy atom. The number of pyridine rings is 1. The summed E-state index contributed by atoms with van der Waals surface area (Å²) >= 11 is 0. The number of benzene rings is 2. The third kappa shape index (κ3) is 3.13. The molecule has 0 radical (unpaired) electrons. The molecule has 1 aromatic heterocycles. The topological polar surface area (TPSA) is 126 Å². The maximum absolute atomic E-state index is 14.4. The highest BCUT2D eigenvalue weighted by molar-refractivity contribution is 7.87. The Balaban J connectivity index is 1.73. The Morgan fingerprint density at radius 3 is 2.26 bits per heavy atom. The molecule has 1 unspecified atom stereocenters. The first kappa shape index (κ1) is 22.2. The molecule has 1 saturated carbocycles. The van der Waals surface area contributed by atoms with Crippen molar-refractivity contribution in [2.24, 2.45) is 10.7 Å². The molecular formula is C24H21FN4O4S. The third-order valence-electron chi connectivity index (χ3n) is 6.59. The fraction of sp³-hybridized carbons (Fsp3) is 0.208. The van der Waals surface area contributed by atoms with Gasteiger partial charge in [-0.05, 0) is 53.3 Å². The lowest BCUT2D eigenvalue weighted by Gasteiger charge is -2.27. The first-order chi connectivity index (χ1) is 16.1. The molecule has 0 saturated heterocycles. The fourth-order valence-electron chi connectivity index (χ4n) is 4.53. The Labute approximate surface area is 195 Å². The van der Waals surface area contributed by atoms with Crippen LogP contribution in [0.5, 0.6) is 0 Å². The summed E-state index contributed by atoms with van der Waals surface area (Å²) in [5.74, 6) is -1.11. The van der Waals surface area contributed by atoms with Crippen molar-refractivity contribution in [1.29, 1.82) is 0 Å². The van der Waals surface area contributed by atoms with Crippen LogP contribution >= 0.6 is 0 Å². The lowest BCUT2D eigenvalue weighted by Crippen LogP contribution is -2.41. The number of hydrogen-bond acceptors (Lipinski definition) is 6. The summed E-state index contributed by atoms with van der Waals surface area (Å²) in [7, 11) is -2.86. The molecule has 5 rings (SSSR count). The lowest BCUT2D eigenvalue weighted by atomic mass is 9.81. The van der Waals surface area contributed by atoms with Crippen molar-refractivity contribution in [3.8, 4) is 11.1 Å². The van der Waals surface area contributed by atoms with Gasteiger partial charge in [0.25, 0.3) is 16.0 Å². The quantitative estimate of drug-likeness (QED) is 0.427. The molecule has 2 heterocycles. The predicted molar refractivity (Wildman–Crippen MR) is 124 cm³/mol. The van der Waals surface area contributed by atoms with Gasteiger partial charge in [-0.1, -0.05) is 42.5 Å². The first-order valence-corrected chi connectivity index (χ1v) is 12.0. The molecule has 174 valence electrons. The highest BCUT2D eigenvalue weighted by Gasteiger charge is 2.56. The van der Waals surface area contributed by atoms with E-state index in [4.69, 9.17) is 5.73 Å². The van der Waals surface area contributed by atoms with Crippen molar-refractivity contribution in [3.05, 3.63) is 89.5 Å². The number of nitrogens with zero attached hydrogens (tertiary/aromatic N) is 3. The van der Waals surface area contributed by atoms with Crippen LogP contribution in [0.1, 0.15) is 29.5 Å². The highest BCUT2D eigenvalue weighted by Crippen LogP contribution is 2.53. The average molecular weight is 481 g/mol. The Hall–Kier alpha value is -3.63. The molecule has 0 bridgehead atoms. The number of guanidine groups is 1. The lowest BCUT2D eigenvalue weighted by molar-refractivity contribution is -0.129. The number of hydrogen-bond donors (Lipinski definition) is 2. The minimum atomic E-state index is -4.36. The zero-order valence-corrected chi connectivity index (χ0v) is 19.0. The first-order valence-electron chi connectivity index (χ1n) is 10.5. The van der Waals surface area contributed by atoms with E-state index in [1.54, 1.807) is 60.7 Å². The molecule has 1 aliphatic carbocycles.